The summed E-state index contributed by atoms with van der Waals surface area (Å²) in [5.41, 5.74) is -6.42. The van der Waals surface area contributed by atoms with Crippen LogP contribution in [0.25, 0.3) is 0 Å². The molecule has 0 aromatic heterocycles. The highest BCUT2D eigenvalue weighted by molar-refractivity contribution is 7.92. The van der Waals surface area contributed by atoms with Gasteiger partial charge in [0.15, 0.2) is 0 Å². The van der Waals surface area contributed by atoms with E-state index >= 15 is 0 Å². The minimum absolute atomic E-state index is 0.269. The van der Waals surface area contributed by atoms with Crippen molar-refractivity contribution in [3.63, 3.8) is 0 Å². The van der Waals surface area contributed by atoms with Gasteiger partial charge >= 0.3 is 5.51 Å². The molecule has 0 radical (unpaired) electrons. The van der Waals surface area contributed by atoms with Gasteiger partial charge < -0.3 is 0 Å². The Morgan fingerprint density at radius 3 is 2.24 bits per heavy atom. The molecule has 0 unspecified atom stereocenters. The molecule has 0 bridgehead atoms. The van der Waals surface area contributed by atoms with E-state index in [0.29, 0.717) is 6.07 Å². The van der Waals surface area contributed by atoms with Crippen molar-refractivity contribution < 1.29 is 26.5 Å². The van der Waals surface area contributed by atoms with Crippen LogP contribution < -0.4 is 0 Å². The monoisotopic (exact) mass is 289 g/mol. The van der Waals surface area contributed by atoms with Crippen molar-refractivity contribution in [2.75, 3.05) is 0 Å². The summed E-state index contributed by atoms with van der Waals surface area (Å²) in [6, 6.07) is 1.54. The van der Waals surface area contributed by atoms with Crippen LogP contribution in [-0.2, 0) is 9.84 Å². The molecule has 0 N–H and O–H groups in total. The van der Waals surface area contributed by atoms with E-state index in [-0.39, 0.29) is 6.07 Å². The van der Waals surface area contributed by atoms with Gasteiger partial charge in [0.25, 0.3) is 15.5 Å². The molecule has 0 fully saturated rings. The average molecular weight is 290 g/mol. The highest BCUT2D eigenvalue weighted by atomic mass is 35.5. The van der Waals surface area contributed by atoms with Crippen molar-refractivity contribution in [1.82, 2.24) is 0 Å². The number of nitro groups is 1. The molecule has 0 atom stereocenters. The summed E-state index contributed by atoms with van der Waals surface area (Å²) in [6.07, 6.45) is 0. The third-order valence-corrected chi connectivity index (χ3v) is 3.53. The normalized spacial score (nSPS) is 12.5. The Balaban J connectivity index is 3.46. The van der Waals surface area contributed by atoms with Crippen LogP contribution in [0.3, 0.4) is 0 Å². The number of rotatable bonds is 2. The van der Waals surface area contributed by atoms with Gasteiger partial charge in [-0.05, 0) is 12.1 Å². The topological polar surface area (TPSA) is 77.3 Å². The summed E-state index contributed by atoms with van der Waals surface area (Å²) >= 11 is 5.34. The van der Waals surface area contributed by atoms with Gasteiger partial charge in [-0.3, -0.25) is 10.1 Å². The zero-order valence-corrected chi connectivity index (χ0v) is 9.30. The predicted octanol–water partition coefficient (Wildman–Crippen LogP) is 2.54. The summed E-state index contributed by atoms with van der Waals surface area (Å²) in [6.45, 7) is 0. The number of halogens is 4. The Morgan fingerprint density at radius 1 is 1.29 bits per heavy atom. The van der Waals surface area contributed by atoms with Crippen LogP contribution >= 0.6 is 11.6 Å². The second kappa shape index (κ2) is 4.15. The molecular formula is C7H3ClF3NO4S. The van der Waals surface area contributed by atoms with E-state index in [1.54, 1.807) is 0 Å². The van der Waals surface area contributed by atoms with Crippen LogP contribution in [0, 0.1) is 10.1 Å². The number of benzene rings is 1. The van der Waals surface area contributed by atoms with Crippen molar-refractivity contribution >= 4 is 27.1 Å². The van der Waals surface area contributed by atoms with Gasteiger partial charge in [0.1, 0.15) is 5.02 Å². The van der Waals surface area contributed by atoms with Crippen molar-refractivity contribution in [3.05, 3.63) is 33.3 Å². The van der Waals surface area contributed by atoms with Gasteiger partial charge in [-0.25, -0.2) is 8.42 Å². The fraction of sp³-hybridized carbons (Fsp3) is 0.143. The zero-order chi connectivity index (χ0) is 13.4. The molecule has 0 saturated heterocycles. The van der Waals surface area contributed by atoms with E-state index < -0.39 is 35.9 Å². The second-order valence-corrected chi connectivity index (χ2v) is 5.17. The molecule has 1 aromatic carbocycles. The maximum atomic E-state index is 12.2. The molecule has 1 aromatic rings. The molecule has 17 heavy (non-hydrogen) atoms. The van der Waals surface area contributed by atoms with Gasteiger partial charge in [0.05, 0.1) is 9.82 Å². The van der Waals surface area contributed by atoms with Crippen LogP contribution in [0.1, 0.15) is 0 Å². The Bertz CT molecular complexity index is 569. The summed E-state index contributed by atoms with van der Waals surface area (Å²) in [5.74, 6) is 0. The largest absolute Gasteiger partial charge is 0.501 e. The summed E-state index contributed by atoms with van der Waals surface area (Å²) in [7, 11) is -5.61. The van der Waals surface area contributed by atoms with Gasteiger partial charge in [0, 0.05) is 6.07 Å². The maximum Gasteiger partial charge on any atom is 0.501 e. The molecule has 0 heterocycles. The molecule has 1 rings (SSSR count). The first-order valence-corrected chi connectivity index (χ1v) is 5.69. The minimum atomic E-state index is -5.61. The summed E-state index contributed by atoms with van der Waals surface area (Å²) < 4.78 is 58.4. The van der Waals surface area contributed by atoms with Gasteiger partial charge in [-0.15, -0.1) is 0 Å². The van der Waals surface area contributed by atoms with E-state index in [1.807, 2.05) is 0 Å². The Kier molecular flexibility index (Phi) is 3.35. The number of sulfone groups is 1. The molecule has 0 saturated carbocycles. The quantitative estimate of drug-likeness (QED) is 0.619. The number of hydrogen-bond acceptors (Lipinski definition) is 4. The third-order valence-electron chi connectivity index (χ3n) is 1.73. The smallest absolute Gasteiger partial charge is 0.258 e. The zero-order valence-electron chi connectivity index (χ0n) is 7.73. The fourth-order valence-corrected chi connectivity index (χ4v) is 1.90. The molecule has 0 spiro atoms. The van der Waals surface area contributed by atoms with Gasteiger partial charge in [0.2, 0.25) is 0 Å². The van der Waals surface area contributed by atoms with E-state index in [2.05, 4.69) is 0 Å². The van der Waals surface area contributed by atoms with Gasteiger partial charge in [-0.2, -0.15) is 13.2 Å². The SMILES string of the molecule is O=[N+]([O-])c1cc(S(=O)(=O)C(F)(F)F)ccc1Cl. The minimum Gasteiger partial charge on any atom is -0.258 e. The lowest BCUT2D eigenvalue weighted by Crippen LogP contribution is -2.23. The molecular weight excluding hydrogens is 287 g/mol. The van der Waals surface area contributed by atoms with Crippen LogP contribution in [0.5, 0.6) is 0 Å². The predicted molar refractivity (Wildman–Crippen MR) is 51.3 cm³/mol. The number of nitro benzene ring substituents is 1. The lowest BCUT2D eigenvalue weighted by molar-refractivity contribution is -0.384. The molecule has 5 nitrogen and oxygen atoms in total. The molecule has 94 valence electrons. The van der Waals surface area contributed by atoms with E-state index in [1.165, 1.54) is 0 Å². The molecule has 0 aliphatic rings. The molecule has 10 heteroatoms. The molecule has 0 amide bonds. The fourth-order valence-electron chi connectivity index (χ4n) is 0.933. The standard InChI is InChI=1S/C7H3ClF3NO4S/c8-5-2-1-4(3-6(5)12(13)14)17(15,16)7(9,10)11/h1-3H. The number of nitrogens with zero attached hydrogens (tertiary/aromatic N) is 1. The van der Waals surface area contributed by atoms with Crippen LogP contribution in [0.15, 0.2) is 23.1 Å². The van der Waals surface area contributed by atoms with Crippen molar-refractivity contribution in [1.29, 1.82) is 0 Å². The summed E-state index contributed by atoms with van der Waals surface area (Å²) in [5, 5.41) is 9.95. The lowest BCUT2D eigenvalue weighted by Gasteiger charge is -2.07. The average Bonchev–Trinajstić information content (AvgIpc) is 2.15. The third kappa shape index (κ3) is 2.50. The molecule has 0 aliphatic heterocycles. The van der Waals surface area contributed by atoms with E-state index in [4.69, 9.17) is 11.6 Å². The van der Waals surface area contributed by atoms with Gasteiger partial charge in [-0.1, -0.05) is 11.6 Å². The highest BCUT2D eigenvalue weighted by Gasteiger charge is 2.47. The Morgan fingerprint density at radius 2 is 1.82 bits per heavy atom. The van der Waals surface area contributed by atoms with Crippen molar-refractivity contribution in [3.8, 4) is 0 Å². The first kappa shape index (κ1) is 13.7. The molecule has 0 aliphatic carbocycles. The first-order valence-electron chi connectivity index (χ1n) is 3.82. The second-order valence-electron chi connectivity index (χ2n) is 2.82. The van der Waals surface area contributed by atoms with E-state index in [0.717, 1.165) is 6.07 Å². The Hall–Kier alpha value is -1.35. The number of hydrogen-bond donors (Lipinski definition) is 0. The van der Waals surface area contributed by atoms with Crippen LogP contribution in [0.4, 0.5) is 18.9 Å². The van der Waals surface area contributed by atoms with Crippen molar-refractivity contribution in [2.45, 2.75) is 10.4 Å². The van der Waals surface area contributed by atoms with E-state index in [9.17, 15) is 31.7 Å². The maximum absolute atomic E-state index is 12.2. The first-order chi connectivity index (χ1) is 7.57. The van der Waals surface area contributed by atoms with Crippen LogP contribution in [-0.4, -0.2) is 18.8 Å². The number of alkyl halides is 3. The Labute approximate surface area is 97.9 Å². The lowest BCUT2D eigenvalue weighted by atomic mass is 10.3. The van der Waals surface area contributed by atoms with Crippen LogP contribution in [0.2, 0.25) is 5.02 Å². The summed E-state index contributed by atoms with van der Waals surface area (Å²) in [4.78, 5) is 8.10. The highest BCUT2D eigenvalue weighted by Crippen LogP contribution is 2.34. The van der Waals surface area contributed by atoms with Crippen molar-refractivity contribution in [2.24, 2.45) is 0 Å².